The maximum atomic E-state index is 12.6. The average Bonchev–Trinajstić information content (AvgIpc) is 2.95. The van der Waals surface area contributed by atoms with Crippen LogP contribution in [0.5, 0.6) is 5.75 Å². The lowest BCUT2D eigenvalue weighted by molar-refractivity contribution is -0.122. The zero-order valence-electron chi connectivity index (χ0n) is 15.1. The molecule has 26 heavy (non-hydrogen) atoms. The smallest absolute Gasteiger partial charge is 0.308 e. The quantitative estimate of drug-likeness (QED) is 0.708. The van der Waals surface area contributed by atoms with Gasteiger partial charge in [-0.25, -0.2) is 0 Å². The molecule has 0 saturated heterocycles. The van der Waals surface area contributed by atoms with Crippen LogP contribution in [0.2, 0.25) is 0 Å². The van der Waals surface area contributed by atoms with Crippen molar-refractivity contribution in [2.24, 2.45) is 0 Å². The highest BCUT2D eigenvalue weighted by Crippen LogP contribution is 2.22. The summed E-state index contributed by atoms with van der Waals surface area (Å²) in [5.74, 6) is 0.473. The van der Waals surface area contributed by atoms with Crippen molar-refractivity contribution in [3.8, 4) is 5.75 Å². The molecular formula is C20H22N2O3S. The lowest BCUT2D eigenvalue weighted by Gasteiger charge is -2.17. The Labute approximate surface area is 156 Å². The molecule has 1 aromatic heterocycles. The lowest BCUT2D eigenvalue weighted by atomic mass is 10.2. The minimum atomic E-state index is -0.576. The van der Waals surface area contributed by atoms with Gasteiger partial charge in [0, 0.05) is 12.2 Å². The maximum Gasteiger partial charge on any atom is 0.308 e. The molecule has 1 atom stereocenters. The number of carbonyl (C=O) groups is 1. The van der Waals surface area contributed by atoms with Crippen LogP contribution >= 0.6 is 11.3 Å². The van der Waals surface area contributed by atoms with E-state index in [1.165, 1.54) is 11.3 Å². The van der Waals surface area contributed by atoms with Crippen LogP contribution in [0, 0.1) is 6.92 Å². The normalized spacial score (nSPS) is 12.1. The number of benzene rings is 2. The number of nitrogens with zero attached hydrogens (tertiary/aromatic N) is 1. The maximum absolute atomic E-state index is 12.6. The zero-order chi connectivity index (χ0) is 18.7. The van der Waals surface area contributed by atoms with Crippen LogP contribution < -0.4 is 14.9 Å². The summed E-state index contributed by atoms with van der Waals surface area (Å²) in [5.41, 5.74) is 2.70. The lowest BCUT2D eigenvalue weighted by Crippen LogP contribution is -2.32. The molecule has 1 amide bonds. The number of aryl methyl sites for hydroxylation is 2. The van der Waals surface area contributed by atoms with Crippen molar-refractivity contribution in [2.45, 2.75) is 39.8 Å². The molecule has 6 heteroatoms. The van der Waals surface area contributed by atoms with Crippen molar-refractivity contribution in [3.63, 3.8) is 0 Å². The van der Waals surface area contributed by atoms with Crippen molar-refractivity contribution in [1.29, 1.82) is 0 Å². The summed E-state index contributed by atoms with van der Waals surface area (Å²) < 4.78 is 8.40. The van der Waals surface area contributed by atoms with Crippen LogP contribution in [0.15, 0.2) is 47.3 Å². The van der Waals surface area contributed by atoms with Gasteiger partial charge in [-0.3, -0.25) is 14.2 Å². The highest BCUT2D eigenvalue weighted by atomic mass is 32.1. The minimum Gasteiger partial charge on any atom is -0.481 e. The van der Waals surface area contributed by atoms with Gasteiger partial charge in [-0.05, 0) is 50.6 Å². The molecule has 0 aliphatic carbocycles. The SMILES string of the molecule is CC[C@@H](Oc1ccc(C)cc1)C(=O)Nc1ccc2c(c1)sc(=O)n2CC. The van der Waals surface area contributed by atoms with Gasteiger partial charge in [-0.1, -0.05) is 36.0 Å². The zero-order valence-corrected chi connectivity index (χ0v) is 15.9. The van der Waals surface area contributed by atoms with Gasteiger partial charge in [0.15, 0.2) is 6.10 Å². The van der Waals surface area contributed by atoms with Gasteiger partial charge in [0.25, 0.3) is 5.91 Å². The number of hydrogen-bond donors (Lipinski definition) is 1. The van der Waals surface area contributed by atoms with E-state index >= 15 is 0 Å². The molecule has 0 fully saturated rings. The Morgan fingerprint density at radius 3 is 2.58 bits per heavy atom. The molecule has 0 aliphatic heterocycles. The minimum absolute atomic E-state index is 0.0140. The van der Waals surface area contributed by atoms with E-state index in [1.54, 1.807) is 4.57 Å². The molecule has 1 N–H and O–H groups in total. The molecule has 1 heterocycles. The molecule has 0 bridgehead atoms. The van der Waals surface area contributed by atoms with Gasteiger partial charge >= 0.3 is 4.87 Å². The average molecular weight is 370 g/mol. The molecule has 0 aliphatic rings. The number of ether oxygens (including phenoxy) is 1. The Kier molecular flexibility index (Phi) is 5.42. The van der Waals surface area contributed by atoms with E-state index in [1.807, 2.05) is 63.2 Å². The first-order valence-electron chi connectivity index (χ1n) is 8.69. The number of thiazole rings is 1. The van der Waals surface area contributed by atoms with Crippen LogP contribution in [0.3, 0.4) is 0 Å². The molecule has 2 aromatic carbocycles. The number of carbonyl (C=O) groups excluding carboxylic acids is 1. The van der Waals surface area contributed by atoms with E-state index in [-0.39, 0.29) is 10.8 Å². The second-order valence-electron chi connectivity index (χ2n) is 6.11. The highest BCUT2D eigenvalue weighted by Gasteiger charge is 2.19. The molecule has 0 unspecified atom stereocenters. The monoisotopic (exact) mass is 370 g/mol. The van der Waals surface area contributed by atoms with Crippen molar-refractivity contribution in [2.75, 3.05) is 5.32 Å². The van der Waals surface area contributed by atoms with Gasteiger partial charge in [0.2, 0.25) is 0 Å². The van der Waals surface area contributed by atoms with Gasteiger partial charge in [0.05, 0.1) is 10.2 Å². The second kappa shape index (κ2) is 7.74. The summed E-state index contributed by atoms with van der Waals surface area (Å²) in [5, 5.41) is 2.89. The number of amides is 1. The van der Waals surface area contributed by atoms with Gasteiger partial charge in [-0.15, -0.1) is 0 Å². The third-order valence-electron chi connectivity index (χ3n) is 4.21. The van der Waals surface area contributed by atoms with Crippen LogP contribution in [-0.2, 0) is 11.3 Å². The Morgan fingerprint density at radius 2 is 1.92 bits per heavy atom. The summed E-state index contributed by atoms with van der Waals surface area (Å²) in [6.07, 6.45) is -0.0195. The fourth-order valence-electron chi connectivity index (χ4n) is 2.77. The predicted octanol–water partition coefficient (Wildman–Crippen LogP) is 4.19. The molecule has 0 spiro atoms. The Hall–Kier alpha value is -2.60. The third kappa shape index (κ3) is 3.80. The summed E-state index contributed by atoms with van der Waals surface area (Å²) in [4.78, 5) is 24.6. The van der Waals surface area contributed by atoms with Crippen molar-refractivity contribution in [3.05, 3.63) is 57.7 Å². The van der Waals surface area contributed by atoms with Gasteiger partial charge in [-0.2, -0.15) is 0 Å². The molecule has 136 valence electrons. The Morgan fingerprint density at radius 1 is 1.19 bits per heavy atom. The molecule has 3 aromatic rings. The number of hydrogen-bond acceptors (Lipinski definition) is 4. The summed E-state index contributed by atoms with van der Waals surface area (Å²) in [6, 6.07) is 13.2. The van der Waals surface area contributed by atoms with Crippen LogP contribution in [-0.4, -0.2) is 16.6 Å². The van der Waals surface area contributed by atoms with Crippen molar-refractivity contribution >= 4 is 33.1 Å². The fourth-order valence-corrected chi connectivity index (χ4v) is 3.76. The summed E-state index contributed by atoms with van der Waals surface area (Å²) in [7, 11) is 0. The molecule has 3 rings (SSSR count). The van der Waals surface area contributed by atoms with E-state index in [0.29, 0.717) is 24.4 Å². The Balaban J connectivity index is 1.76. The first-order chi connectivity index (χ1) is 12.5. The Bertz CT molecular complexity index is 973. The topological polar surface area (TPSA) is 60.3 Å². The molecule has 5 nitrogen and oxygen atoms in total. The number of fused-ring (bicyclic) bond motifs is 1. The van der Waals surface area contributed by atoms with E-state index in [0.717, 1.165) is 15.8 Å². The van der Waals surface area contributed by atoms with Crippen LogP contribution in [0.4, 0.5) is 5.69 Å². The van der Waals surface area contributed by atoms with E-state index in [9.17, 15) is 9.59 Å². The first-order valence-corrected chi connectivity index (χ1v) is 9.51. The van der Waals surface area contributed by atoms with Crippen LogP contribution in [0.25, 0.3) is 10.2 Å². The molecule has 0 radical (unpaired) electrons. The van der Waals surface area contributed by atoms with Crippen molar-refractivity contribution < 1.29 is 9.53 Å². The standard InChI is InChI=1S/C20H22N2O3S/c1-4-17(25-15-9-6-13(3)7-10-15)19(23)21-14-8-11-16-18(12-14)26-20(24)22(16)5-2/h6-12,17H,4-5H2,1-3H3,(H,21,23)/t17-/m1/s1. The molecule has 0 saturated carbocycles. The number of aromatic nitrogens is 1. The first kappa shape index (κ1) is 18.2. The summed E-state index contributed by atoms with van der Waals surface area (Å²) >= 11 is 1.19. The van der Waals surface area contributed by atoms with Crippen LogP contribution in [0.1, 0.15) is 25.8 Å². The van der Waals surface area contributed by atoms with E-state index < -0.39 is 6.10 Å². The van der Waals surface area contributed by atoms with Crippen molar-refractivity contribution in [1.82, 2.24) is 4.57 Å². The predicted molar refractivity (Wildman–Crippen MR) is 106 cm³/mol. The van der Waals surface area contributed by atoms with E-state index in [4.69, 9.17) is 4.74 Å². The largest absolute Gasteiger partial charge is 0.481 e. The second-order valence-corrected chi connectivity index (χ2v) is 7.10. The van der Waals surface area contributed by atoms with E-state index in [2.05, 4.69) is 5.32 Å². The molecular weight excluding hydrogens is 348 g/mol. The van der Waals surface area contributed by atoms with Gasteiger partial charge in [0.1, 0.15) is 5.75 Å². The fraction of sp³-hybridized carbons (Fsp3) is 0.300. The van der Waals surface area contributed by atoms with Gasteiger partial charge < -0.3 is 10.1 Å². The number of rotatable bonds is 6. The summed E-state index contributed by atoms with van der Waals surface area (Å²) in [6.45, 7) is 6.49. The number of anilines is 1. The highest BCUT2D eigenvalue weighted by molar-refractivity contribution is 7.16. The third-order valence-corrected chi connectivity index (χ3v) is 5.16. The number of nitrogens with one attached hydrogen (secondary N) is 1.